The molecule has 0 aromatic carbocycles. The number of hydrogen-bond acceptors (Lipinski definition) is 6. The van der Waals surface area contributed by atoms with E-state index in [0.29, 0.717) is 6.42 Å². The molecule has 60 heavy (non-hydrogen) atoms. The molecule has 0 aromatic rings. The molecule has 0 rings (SSSR count). The third-order valence-electron chi connectivity index (χ3n) is 11.8. The first kappa shape index (κ1) is 58.8. The summed E-state index contributed by atoms with van der Waals surface area (Å²) in [6, 6.07) is 0. The van der Waals surface area contributed by atoms with Crippen molar-refractivity contribution in [2.45, 2.75) is 290 Å². The Morgan fingerprint density at radius 2 is 0.717 bits per heavy atom. The predicted molar refractivity (Wildman–Crippen MR) is 253 cm³/mol. The number of hydrogen-bond donors (Lipinski definition) is 2. The maximum atomic E-state index is 12.5. The molecule has 356 valence electrons. The van der Waals surface area contributed by atoms with Gasteiger partial charge in [-0.25, -0.2) is 4.57 Å². The van der Waals surface area contributed by atoms with Crippen molar-refractivity contribution in [1.29, 1.82) is 0 Å². The number of allylic oxidation sites excluding steroid dienone is 2. The van der Waals surface area contributed by atoms with Crippen molar-refractivity contribution in [2.75, 3.05) is 13.2 Å². The Hall–Kier alpha value is -1.21. The fraction of sp³-hybridized carbons (Fsp3) is 0.922. The maximum absolute atomic E-state index is 12.5. The van der Waals surface area contributed by atoms with Gasteiger partial charge in [0, 0.05) is 12.8 Å². The Balaban J connectivity index is 3.79. The number of esters is 2. The molecule has 0 heterocycles. The highest BCUT2D eigenvalue weighted by Gasteiger charge is 2.23. The largest absolute Gasteiger partial charge is 0.469 e. The van der Waals surface area contributed by atoms with Gasteiger partial charge in [-0.2, -0.15) is 0 Å². The zero-order chi connectivity index (χ0) is 43.9. The molecule has 0 aliphatic carbocycles. The SMILES string of the molecule is CCCCCCCCCCCCCCCCCCCC/C=C/CCCC(=O)O[C@H](COC(=O)CCCCCCCCCCCCCCCCCCCCC)COP(=O)(O)O. The summed E-state index contributed by atoms with van der Waals surface area (Å²) in [4.78, 5) is 43.1. The summed E-state index contributed by atoms with van der Waals surface area (Å²) in [7, 11) is -4.76. The molecule has 8 nitrogen and oxygen atoms in total. The van der Waals surface area contributed by atoms with Crippen molar-refractivity contribution in [3.63, 3.8) is 0 Å². The molecule has 0 radical (unpaired) electrons. The second kappa shape index (κ2) is 47.3. The zero-order valence-corrected chi connectivity index (χ0v) is 40.5. The molecule has 0 aromatic heterocycles. The first-order valence-corrected chi connectivity index (χ1v) is 27.5. The molecule has 0 unspecified atom stereocenters. The van der Waals surface area contributed by atoms with Crippen LogP contribution in [0.15, 0.2) is 12.2 Å². The number of carbonyl (C=O) groups excluding carboxylic acids is 2. The quantitative estimate of drug-likeness (QED) is 0.0268. The van der Waals surface area contributed by atoms with Gasteiger partial charge in [-0.15, -0.1) is 0 Å². The zero-order valence-electron chi connectivity index (χ0n) is 39.6. The minimum Gasteiger partial charge on any atom is -0.462 e. The van der Waals surface area contributed by atoms with E-state index in [9.17, 15) is 14.2 Å². The van der Waals surface area contributed by atoms with Crippen LogP contribution in [0.25, 0.3) is 0 Å². The van der Waals surface area contributed by atoms with Gasteiger partial charge in [0.1, 0.15) is 6.61 Å². The van der Waals surface area contributed by atoms with Crippen molar-refractivity contribution < 1.29 is 37.9 Å². The van der Waals surface area contributed by atoms with Gasteiger partial charge < -0.3 is 19.3 Å². The third-order valence-corrected chi connectivity index (χ3v) is 12.3. The molecule has 0 aliphatic rings. The number of ether oxygens (including phenoxy) is 2. The lowest BCUT2D eigenvalue weighted by atomic mass is 10.0. The van der Waals surface area contributed by atoms with Gasteiger partial charge in [0.25, 0.3) is 0 Å². The van der Waals surface area contributed by atoms with Crippen LogP contribution in [0.1, 0.15) is 284 Å². The van der Waals surface area contributed by atoms with Gasteiger partial charge in [-0.05, 0) is 32.1 Å². The molecular weight excluding hydrogens is 772 g/mol. The Morgan fingerprint density at radius 1 is 0.417 bits per heavy atom. The lowest BCUT2D eigenvalue weighted by Gasteiger charge is -2.18. The van der Waals surface area contributed by atoms with E-state index < -0.39 is 32.5 Å². The van der Waals surface area contributed by atoms with Gasteiger partial charge >= 0.3 is 19.8 Å². The molecule has 0 saturated carbocycles. The van der Waals surface area contributed by atoms with Crippen molar-refractivity contribution >= 4 is 19.8 Å². The van der Waals surface area contributed by atoms with Crippen molar-refractivity contribution in [1.82, 2.24) is 0 Å². The van der Waals surface area contributed by atoms with Crippen LogP contribution < -0.4 is 0 Å². The lowest BCUT2D eigenvalue weighted by Crippen LogP contribution is -2.29. The van der Waals surface area contributed by atoms with Gasteiger partial charge in [0.05, 0.1) is 6.61 Å². The van der Waals surface area contributed by atoms with Crippen LogP contribution in [0.3, 0.4) is 0 Å². The van der Waals surface area contributed by atoms with E-state index in [4.69, 9.17) is 19.3 Å². The Kier molecular flexibility index (Phi) is 46.3. The summed E-state index contributed by atoms with van der Waals surface area (Å²) in [6.07, 6.45) is 55.3. The van der Waals surface area contributed by atoms with Gasteiger partial charge in [0.15, 0.2) is 6.10 Å². The summed E-state index contributed by atoms with van der Waals surface area (Å²) >= 11 is 0. The molecule has 2 N–H and O–H groups in total. The van der Waals surface area contributed by atoms with Crippen LogP contribution in [0.2, 0.25) is 0 Å². The number of unbranched alkanes of at least 4 members (excludes halogenated alkanes) is 37. The molecule has 0 fully saturated rings. The van der Waals surface area contributed by atoms with E-state index >= 15 is 0 Å². The number of rotatable bonds is 49. The highest BCUT2D eigenvalue weighted by Crippen LogP contribution is 2.36. The summed E-state index contributed by atoms with van der Waals surface area (Å²) in [6.45, 7) is 3.73. The molecule has 0 aliphatic heterocycles. The summed E-state index contributed by atoms with van der Waals surface area (Å²) in [5.41, 5.74) is 0. The molecule has 0 bridgehead atoms. The first-order valence-electron chi connectivity index (χ1n) is 26.0. The van der Waals surface area contributed by atoms with Crippen LogP contribution in [0, 0.1) is 0 Å². The molecule has 0 amide bonds. The average Bonchev–Trinajstić information content (AvgIpc) is 3.22. The normalized spacial score (nSPS) is 12.4. The Bertz CT molecular complexity index is 982. The standard InChI is InChI=1S/C51H99O8P/c1-3-5-7-9-11-13-15-17-19-21-23-24-25-26-28-30-32-34-36-38-40-42-44-46-51(53)59-49(48-58-60(54,55)56)47-57-50(52)45-43-41-39-37-35-33-31-29-27-22-20-18-16-14-12-10-8-6-4-2/h38,40,49H,3-37,39,41-48H2,1-2H3,(H2,54,55,56)/b40-38+/t49-/m1/s1. The third kappa shape index (κ3) is 49.4. The van der Waals surface area contributed by atoms with Crippen molar-refractivity contribution in [2.24, 2.45) is 0 Å². The van der Waals surface area contributed by atoms with Crippen LogP contribution >= 0.6 is 7.82 Å². The van der Waals surface area contributed by atoms with E-state index in [1.54, 1.807) is 0 Å². The van der Waals surface area contributed by atoms with Crippen LogP contribution in [-0.2, 0) is 28.2 Å². The van der Waals surface area contributed by atoms with Crippen molar-refractivity contribution in [3.05, 3.63) is 12.2 Å². The van der Waals surface area contributed by atoms with Crippen LogP contribution in [0.4, 0.5) is 0 Å². The van der Waals surface area contributed by atoms with Gasteiger partial charge in [-0.3, -0.25) is 14.1 Å². The highest BCUT2D eigenvalue weighted by molar-refractivity contribution is 7.46. The van der Waals surface area contributed by atoms with E-state index in [0.717, 1.165) is 32.1 Å². The van der Waals surface area contributed by atoms with E-state index in [-0.39, 0.29) is 19.4 Å². The lowest BCUT2D eigenvalue weighted by molar-refractivity contribution is -0.161. The molecular formula is C51H99O8P. The second-order valence-electron chi connectivity index (χ2n) is 17.9. The molecule has 1 atom stereocenters. The first-order chi connectivity index (χ1) is 29.3. The maximum Gasteiger partial charge on any atom is 0.469 e. The number of phosphoric acid groups is 1. The average molecular weight is 871 g/mol. The van der Waals surface area contributed by atoms with E-state index in [2.05, 4.69) is 30.5 Å². The van der Waals surface area contributed by atoms with Crippen LogP contribution in [-0.4, -0.2) is 41.0 Å². The molecule has 0 saturated heterocycles. The smallest absolute Gasteiger partial charge is 0.462 e. The summed E-state index contributed by atoms with van der Waals surface area (Å²) in [5, 5.41) is 0. The van der Waals surface area contributed by atoms with Gasteiger partial charge in [0.2, 0.25) is 0 Å². The van der Waals surface area contributed by atoms with E-state index in [1.165, 1.54) is 218 Å². The summed E-state index contributed by atoms with van der Waals surface area (Å²) in [5.74, 6) is -0.903. The molecule has 0 spiro atoms. The number of phosphoric ester groups is 1. The minimum absolute atomic E-state index is 0.170. The Labute approximate surface area is 371 Å². The monoisotopic (exact) mass is 871 g/mol. The highest BCUT2D eigenvalue weighted by atomic mass is 31.2. The summed E-state index contributed by atoms with van der Waals surface area (Å²) < 4.78 is 26.5. The molecule has 9 heteroatoms. The van der Waals surface area contributed by atoms with Crippen LogP contribution in [0.5, 0.6) is 0 Å². The Morgan fingerprint density at radius 3 is 1.07 bits per heavy atom. The van der Waals surface area contributed by atoms with E-state index in [1.807, 2.05) is 0 Å². The fourth-order valence-electron chi connectivity index (χ4n) is 7.91. The number of carbonyl (C=O) groups is 2. The minimum atomic E-state index is -4.76. The predicted octanol–water partition coefficient (Wildman–Crippen LogP) is 16.5. The van der Waals surface area contributed by atoms with Gasteiger partial charge in [-0.1, -0.05) is 251 Å². The topological polar surface area (TPSA) is 119 Å². The van der Waals surface area contributed by atoms with Crippen molar-refractivity contribution in [3.8, 4) is 0 Å². The fourth-order valence-corrected chi connectivity index (χ4v) is 8.27. The second-order valence-corrected chi connectivity index (χ2v) is 19.1.